The van der Waals surface area contributed by atoms with Crippen molar-refractivity contribution in [1.29, 1.82) is 0 Å². The Bertz CT molecular complexity index is 304. The zero-order chi connectivity index (χ0) is 12.0. The first-order valence-electron chi connectivity index (χ1n) is 6.41. The van der Waals surface area contributed by atoms with Gasteiger partial charge in [-0.25, -0.2) is 0 Å². The molecule has 0 bridgehead atoms. The fourth-order valence-electron chi connectivity index (χ4n) is 2.25. The van der Waals surface area contributed by atoms with E-state index in [2.05, 4.69) is 57.3 Å². The Morgan fingerprint density at radius 3 is 2.44 bits per heavy atom. The third-order valence-corrected chi connectivity index (χ3v) is 3.02. The molecule has 0 aromatic heterocycles. The minimum Gasteiger partial charge on any atom is -0.316 e. The van der Waals surface area contributed by atoms with Gasteiger partial charge in [0.25, 0.3) is 0 Å². The summed E-state index contributed by atoms with van der Waals surface area (Å²) in [6.07, 6.45) is 1.26. The lowest BCUT2D eigenvalue weighted by molar-refractivity contribution is 0.474. The number of benzene rings is 1. The van der Waals surface area contributed by atoms with Gasteiger partial charge in [0.15, 0.2) is 0 Å². The molecule has 0 fully saturated rings. The van der Waals surface area contributed by atoms with Crippen LogP contribution in [-0.4, -0.2) is 13.1 Å². The maximum absolute atomic E-state index is 3.48. The summed E-state index contributed by atoms with van der Waals surface area (Å²) in [5.41, 5.74) is 2.93. The lowest BCUT2D eigenvalue weighted by Crippen LogP contribution is -2.22. The monoisotopic (exact) mass is 219 g/mol. The molecular formula is C15H25N. The summed E-state index contributed by atoms with van der Waals surface area (Å²) in [7, 11) is 0. The minimum atomic E-state index is 0.654. The van der Waals surface area contributed by atoms with Crippen molar-refractivity contribution in [2.45, 2.75) is 40.0 Å². The minimum absolute atomic E-state index is 0.654. The number of hydrogen-bond acceptors (Lipinski definition) is 1. The maximum Gasteiger partial charge on any atom is 0.00202 e. The topological polar surface area (TPSA) is 12.0 Å². The number of aryl methyl sites for hydroxylation is 1. The van der Waals surface area contributed by atoms with E-state index in [0.29, 0.717) is 5.92 Å². The van der Waals surface area contributed by atoms with Crippen LogP contribution in [0.15, 0.2) is 24.3 Å². The zero-order valence-electron chi connectivity index (χ0n) is 11.1. The van der Waals surface area contributed by atoms with Crippen molar-refractivity contribution < 1.29 is 0 Å². The van der Waals surface area contributed by atoms with Gasteiger partial charge in [-0.15, -0.1) is 0 Å². The zero-order valence-corrected chi connectivity index (χ0v) is 11.1. The largest absolute Gasteiger partial charge is 0.316 e. The van der Waals surface area contributed by atoms with Gasteiger partial charge >= 0.3 is 0 Å². The fourth-order valence-corrected chi connectivity index (χ4v) is 2.25. The molecule has 0 saturated heterocycles. The van der Waals surface area contributed by atoms with Crippen molar-refractivity contribution in [2.24, 2.45) is 5.92 Å². The lowest BCUT2D eigenvalue weighted by atomic mass is 9.88. The first-order chi connectivity index (χ1) is 7.65. The highest BCUT2D eigenvalue weighted by atomic mass is 14.8. The Morgan fingerprint density at radius 1 is 1.19 bits per heavy atom. The van der Waals surface area contributed by atoms with Gasteiger partial charge in [-0.3, -0.25) is 0 Å². The molecule has 90 valence electrons. The Kier molecular flexibility index (Phi) is 5.54. The van der Waals surface area contributed by atoms with Crippen LogP contribution in [0.2, 0.25) is 0 Å². The third kappa shape index (κ3) is 3.97. The van der Waals surface area contributed by atoms with E-state index in [4.69, 9.17) is 0 Å². The third-order valence-electron chi connectivity index (χ3n) is 3.02. The number of hydrogen-bond donors (Lipinski definition) is 1. The summed E-state index contributed by atoms with van der Waals surface area (Å²) >= 11 is 0. The molecule has 0 aliphatic heterocycles. The molecule has 1 N–H and O–H groups in total. The van der Waals surface area contributed by atoms with Gasteiger partial charge in [0.05, 0.1) is 0 Å². The van der Waals surface area contributed by atoms with Crippen LogP contribution in [0.25, 0.3) is 0 Å². The summed E-state index contributed by atoms with van der Waals surface area (Å²) in [6.45, 7) is 11.1. The van der Waals surface area contributed by atoms with Gasteiger partial charge in [0, 0.05) is 6.54 Å². The Hall–Kier alpha value is -0.820. The molecule has 0 aliphatic carbocycles. The van der Waals surface area contributed by atoms with Gasteiger partial charge < -0.3 is 5.32 Å². The molecule has 1 nitrogen and oxygen atoms in total. The second-order valence-corrected chi connectivity index (χ2v) is 4.99. The number of rotatable bonds is 6. The van der Waals surface area contributed by atoms with Crippen LogP contribution >= 0.6 is 0 Å². The van der Waals surface area contributed by atoms with E-state index in [-0.39, 0.29) is 0 Å². The molecule has 1 aromatic rings. The molecule has 0 radical (unpaired) electrons. The molecule has 1 aromatic carbocycles. The predicted octanol–water partition coefficient (Wildman–Crippen LogP) is 3.73. The van der Waals surface area contributed by atoms with Crippen molar-refractivity contribution in [3.63, 3.8) is 0 Å². The Morgan fingerprint density at radius 2 is 1.88 bits per heavy atom. The molecule has 0 heterocycles. The first-order valence-corrected chi connectivity index (χ1v) is 6.41. The molecule has 0 amide bonds. The van der Waals surface area contributed by atoms with Crippen LogP contribution in [0.5, 0.6) is 0 Å². The normalized spacial score (nSPS) is 13.1. The lowest BCUT2D eigenvalue weighted by Gasteiger charge is -2.21. The van der Waals surface area contributed by atoms with Crippen molar-refractivity contribution in [1.82, 2.24) is 5.32 Å². The highest BCUT2D eigenvalue weighted by Crippen LogP contribution is 2.25. The van der Waals surface area contributed by atoms with E-state index in [1.165, 1.54) is 17.5 Å². The van der Waals surface area contributed by atoms with Gasteiger partial charge in [0.2, 0.25) is 0 Å². The van der Waals surface area contributed by atoms with Gasteiger partial charge in [-0.1, -0.05) is 45.0 Å². The number of nitrogens with one attached hydrogen (secondary N) is 1. The van der Waals surface area contributed by atoms with Crippen LogP contribution in [0.3, 0.4) is 0 Å². The van der Waals surface area contributed by atoms with E-state index in [9.17, 15) is 0 Å². The predicted molar refractivity (Wildman–Crippen MR) is 71.9 cm³/mol. The molecule has 1 heteroatoms. The highest BCUT2D eigenvalue weighted by Gasteiger charge is 2.14. The molecule has 1 unspecified atom stereocenters. The van der Waals surface area contributed by atoms with Gasteiger partial charge in [-0.05, 0) is 42.9 Å². The van der Waals surface area contributed by atoms with Crippen molar-refractivity contribution in [3.05, 3.63) is 35.4 Å². The average molecular weight is 219 g/mol. The van der Waals surface area contributed by atoms with Crippen LogP contribution in [0, 0.1) is 12.8 Å². The molecular weight excluding hydrogens is 194 g/mol. The van der Waals surface area contributed by atoms with Gasteiger partial charge in [0.1, 0.15) is 0 Å². The summed E-state index contributed by atoms with van der Waals surface area (Å²) in [6, 6.07) is 8.77. The van der Waals surface area contributed by atoms with Crippen molar-refractivity contribution in [3.8, 4) is 0 Å². The second-order valence-electron chi connectivity index (χ2n) is 4.99. The highest BCUT2D eigenvalue weighted by molar-refractivity contribution is 5.29. The molecule has 16 heavy (non-hydrogen) atoms. The maximum atomic E-state index is 3.48. The van der Waals surface area contributed by atoms with Crippen LogP contribution in [-0.2, 0) is 0 Å². The standard InChI is InChI=1S/C15H25N/c1-5-16-11-14(10-12(2)3)15-9-7-6-8-13(15)4/h6-9,12,14,16H,5,10-11H2,1-4H3. The average Bonchev–Trinajstić information content (AvgIpc) is 2.24. The Labute approximate surface area is 100 Å². The van der Waals surface area contributed by atoms with Crippen LogP contribution in [0.1, 0.15) is 44.2 Å². The van der Waals surface area contributed by atoms with E-state index >= 15 is 0 Å². The molecule has 1 rings (SSSR count). The fraction of sp³-hybridized carbons (Fsp3) is 0.600. The second kappa shape index (κ2) is 6.70. The molecule has 0 aliphatic rings. The summed E-state index contributed by atoms with van der Waals surface area (Å²) < 4.78 is 0. The van der Waals surface area contributed by atoms with E-state index < -0.39 is 0 Å². The van der Waals surface area contributed by atoms with E-state index in [1.54, 1.807) is 0 Å². The van der Waals surface area contributed by atoms with Gasteiger partial charge in [-0.2, -0.15) is 0 Å². The van der Waals surface area contributed by atoms with Crippen LogP contribution < -0.4 is 5.32 Å². The molecule has 1 atom stereocenters. The smallest absolute Gasteiger partial charge is 0.00202 e. The molecule has 0 spiro atoms. The summed E-state index contributed by atoms with van der Waals surface area (Å²) in [4.78, 5) is 0. The SMILES string of the molecule is CCNCC(CC(C)C)c1ccccc1C. The summed E-state index contributed by atoms with van der Waals surface area (Å²) in [5.74, 6) is 1.41. The number of likely N-dealkylation sites (N-methyl/N-ethyl adjacent to an activating group) is 1. The van der Waals surface area contributed by atoms with Crippen molar-refractivity contribution in [2.75, 3.05) is 13.1 Å². The quantitative estimate of drug-likeness (QED) is 0.768. The first kappa shape index (κ1) is 13.2. The van der Waals surface area contributed by atoms with E-state index in [1.807, 2.05) is 0 Å². The van der Waals surface area contributed by atoms with Crippen molar-refractivity contribution >= 4 is 0 Å². The Balaban J connectivity index is 2.78. The summed E-state index contributed by atoms with van der Waals surface area (Å²) in [5, 5.41) is 3.48. The molecule has 0 saturated carbocycles. The van der Waals surface area contributed by atoms with E-state index in [0.717, 1.165) is 19.0 Å². The van der Waals surface area contributed by atoms with Crippen LogP contribution in [0.4, 0.5) is 0 Å².